The van der Waals surface area contributed by atoms with Crippen LogP contribution in [0.5, 0.6) is 5.88 Å². The van der Waals surface area contributed by atoms with Crippen molar-refractivity contribution in [3.8, 4) is 11.9 Å². The molecule has 2 aromatic heterocycles. The van der Waals surface area contributed by atoms with E-state index in [1.165, 1.54) is 0 Å². The first-order chi connectivity index (χ1) is 17.0. The molecule has 1 saturated carbocycles. The summed E-state index contributed by atoms with van der Waals surface area (Å²) in [5.74, 6) is 2.64. The summed E-state index contributed by atoms with van der Waals surface area (Å²) in [6.45, 7) is 7.12. The molecular weight excluding hydrogens is 440 g/mol. The van der Waals surface area contributed by atoms with E-state index in [-0.39, 0.29) is 17.4 Å². The van der Waals surface area contributed by atoms with Crippen molar-refractivity contribution in [2.75, 3.05) is 29.4 Å². The number of aldehydes is 1. The molecule has 3 fully saturated rings. The van der Waals surface area contributed by atoms with Gasteiger partial charge in [-0.2, -0.15) is 5.26 Å². The lowest BCUT2D eigenvalue weighted by Crippen LogP contribution is -2.42. The molecule has 4 heterocycles. The number of piperidine rings is 1. The number of anilines is 2. The highest BCUT2D eigenvalue weighted by molar-refractivity contribution is 5.53. The molecule has 8 heteroatoms. The fourth-order valence-electron chi connectivity index (χ4n) is 6.08. The minimum Gasteiger partial charge on any atom is -0.473 e. The van der Waals surface area contributed by atoms with E-state index in [2.05, 4.69) is 33.0 Å². The molecular formula is C27H34N6O2. The third-order valence-electron chi connectivity index (χ3n) is 8.22. The molecule has 0 N–H and O–H groups in total. The second-order valence-corrected chi connectivity index (χ2v) is 10.6. The lowest BCUT2D eigenvalue weighted by atomic mass is 9.77. The van der Waals surface area contributed by atoms with Crippen LogP contribution >= 0.6 is 0 Å². The third kappa shape index (κ3) is 4.95. The zero-order chi connectivity index (χ0) is 24.4. The first-order valence-corrected chi connectivity index (χ1v) is 12.8. The normalized spacial score (nSPS) is 25.9. The maximum absolute atomic E-state index is 10.9. The number of aromatic nitrogens is 3. The number of rotatable bonds is 5. The first kappa shape index (κ1) is 23.5. The number of nitriles is 1. The van der Waals surface area contributed by atoms with E-state index in [1.54, 1.807) is 0 Å². The Kier molecular flexibility index (Phi) is 6.59. The summed E-state index contributed by atoms with van der Waals surface area (Å²) in [7, 11) is 0. The Labute approximate surface area is 207 Å². The van der Waals surface area contributed by atoms with Gasteiger partial charge in [-0.1, -0.05) is 0 Å². The van der Waals surface area contributed by atoms with Crippen molar-refractivity contribution < 1.29 is 9.53 Å². The first-order valence-electron chi connectivity index (χ1n) is 12.8. The van der Waals surface area contributed by atoms with Gasteiger partial charge in [-0.3, -0.25) is 0 Å². The zero-order valence-corrected chi connectivity index (χ0v) is 20.7. The van der Waals surface area contributed by atoms with Gasteiger partial charge < -0.3 is 19.3 Å². The van der Waals surface area contributed by atoms with Crippen molar-refractivity contribution in [3.63, 3.8) is 0 Å². The number of carbonyl (C=O) groups excluding carboxylic acids is 1. The van der Waals surface area contributed by atoms with E-state index < -0.39 is 0 Å². The van der Waals surface area contributed by atoms with Crippen LogP contribution in [0.4, 0.5) is 11.6 Å². The van der Waals surface area contributed by atoms with E-state index >= 15 is 0 Å². The summed E-state index contributed by atoms with van der Waals surface area (Å²) in [6.07, 6.45) is 8.17. The molecule has 0 amide bonds. The van der Waals surface area contributed by atoms with Crippen molar-refractivity contribution >= 4 is 17.9 Å². The van der Waals surface area contributed by atoms with Crippen LogP contribution in [0.2, 0.25) is 0 Å². The fourth-order valence-corrected chi connectivity index (χ4v) is 6.08. The Hall–Kier alpha value is -3.21. The van der Waals surface area contributed by atoms with Gasteiger partial charge in [-0.15, -0.1) is 10.2 Å². The SMILES string of the molecule is Cc1nc(N2CC3(CCN(c4ccc(OC5CCC(C=O)CC5)nn4)CC3)C[C@@H]2C)ccc1C#N. The van der Waals surface area contributed by atoms with Crippen LogP contribution in [0.3, 0.4) is 0 Å². The van der Waals surface area contributed by atoms with Gasteiger partial charge in [-0.05, 0) is 82.4 Å². The topological polar surface area (TPSA) is 95.2 Å². The summed E-state index contributed by atoms with van der Waals surface area (Å²) in [5, 5.41) is 18.0. The largest absolute Gasteiger partial charge is 0.473 e. The molecule has 0 aromatic carbocycles. The Bertz CT molecular complexity index is 1080. The van der Waals surface area contributed by atoms with Crippen LogP contribution < -0.4 is 14.5 Å². The van der Waals surface area contributed by atoms with Gasteiger partial charge in [0.1, 0.15) is 24.3 Å². The van der Waals surface area contributed by atoms with Gasteiger partial charge in [0.05, 0.1) is 11.3 Å². The van der Waals surface area contributed by atoms with Gasteiger partial charge in [0.2, 0.25) is 5.88 Å². The summed E-state index contributed by atoms with van der Waals surface area (Å²) in [5.41, 5.74) is 1.73. The number of nitrogens with zero attached hydrogens (tertiary/aromatic N) is 6. The third-order valence-corrected chi connectivity index (χ3v) is 8.22. The van der Waals surface area contributed by atoms with Gasteiger partial charge in [-0.25, -0.2) is 4.98 Å². The molecule has 1 aliphatic carbocycles. The minimum absolute atomic E-state index is 0.128. The highest BCUT2D eigenvalue weighted by atomic mass is 16.5. The van der Waals surface area contributed by atoms with Crippen LogP contribution in [0, 0.1) is 29.6 Å². The number of aryl methyl sites for hydroxylation is 1. The number of hydrogen-bond donors (Lipinski definition) is 0. The molecule has 2 aliphatic heterocycles. The van der Waals surface area contributed by atoms with Gasteiger partial charge in [0.15, 0.2) is 5.82 Å². The van der Waals surface area contributed by atoms with E-state index in [0.717, 1.165) is 88.2 Å². The summed E-state index contributed by atoms with van der Waals surface area (Å²) < 4.78 is 6.02. The molecule has 184 valence electrons. The molecule has 1 atom stereocenters. The number of hydrogen-bond acceptors (Lipinski definition) is 8. The average molecular weight is 475 g/mol. The lowest BCUT2D eigenvalue weighted by molar-refractivity contribution is -0.112. The van der Waals surface area contributed by atoms with E-state index in [4.69, 9.17) is 9.72 Å². The smallest absolute Gasteiger partial charge is 0.233 e. The maximum Gasteiger partial charge on any atom is 0.233 e. The van der Waals surface area contributed by atoms with E-state index in [9.17, 15) is 10.1 Å². The Morgan fingerprint density at radius 2 is 1.83 bits per heavy atom. The van der Waals surface area contributed by atoms with Gasteiger partial charge in [0.25, 0.3) is 0 Å². The van der Waals surface area contributed by atoms with Crippen LogP contribution in [-0.4, -0.2) is 53.2 Å². The molecule has 0 radical (unpaired) electrons. The van der Waals surface area contributed by atoms with Crippen molar-refractivity contribution in [2.24, 2.45) is 11.3 Å². The second-order valence-electron chi connectivity index (χ2n) is 10.6. The van der Waals surface area contributed by atoms with Gasteiger partial charge in [0, 0.05) is 37.7 Å². The maximum atomic E-state index is 10.9. The minimum atomic E-state index is 0.128. The monoisotopic (exact) mass is 474 g/mol. The molecule has 35 heavy (non-hydrogen) atoms. The molecule has 2 aromatic rings. The highest BCUT2D eigenvalue weighted by Crippen LogP contribution is 2.45. The number of carbonyl (C=O) groups is 1. The van der Waals surface area contributed by atoms with Crippen molar-refractivity contribution in [1.82, 2.24) is 15.2 Å². The quantitative estimate of drug-likeness (QED) is 0.599. The van der Waals surface area contributed by atoms with Gasteiger partial charge >= 0.3 is 0 Å². The molecule has 0 bridgehead atoms. The predicted molar refractivity (Wildman–Crippen MR) is 133 cm³/mol. The zero-order valence-electron chi connectivity index (χ0n) is 20.7. The van der Waals surface area contributed by atoms with Crippen molar-refractivity contribution in [1.29, 1.82) is 5.26 Å². The molecule has 0 unspecified atom stereocenters. The van der Waals surface area contributed by atoms with Crippen molar-refractivity contribution in [3.05, 3.63) is 35.5 Å². The number of ether oxygens (including phenoxy) is 1. The van der Waals surface area contributed by atoms with Crippen LogP contribution in [0.15, 0.2) is 24.3 Å². The van der Waals surface area contributed by atoms with E-state index in [1.807, 2.05) is 31.2 Å². The number of pyridine rings is 1. The summed E-state index contributed by atoms with van der Waals surface area (Å²) in [4.78, 5) is 20.4. The summed E-state index contributed by atoms with van der Waals surface area (Å²) in [6, 6.07) is 10.5. The highest BCUT2D eigenvalue weighted by Gasteiger charge is 2.44. The predicted octanol–water partition coefficient (Wildman–Crippen LogP) is 4.07. The van der Waals surface area contributed by atoms with Crippen LogP contribution in [-0.2, 0) is 4.79 Å². The van der Waals surface area contributed by atoms with Crippen molar-refractivity contribution in [2.45, 2.75) is 70.9 Å². The van der Waals surface area contributed by atoms with E-state index in [0.29, 0.717) is 17.5 Å². The Morgan fingerprint density at radius 1 is 1.09 bits per heavy atom. The molecule has 2 saturated heterocycles. The average Bonchev–Trinajstić information content (AvgIpc) is 3.20. The molecule has 8 nitrogen and oxygen atoms in total. The Morgan fingerprint density at radius 3 is 2.46 bits per heavy atom. The fraction of sp³-hybridized carbons (Fsp3) is 0.593. The van der Waals surface area contributed by atoms with Crippen LogP contribution in [0.1, 0.15) is 63.1 Å². The molecule has 3 aliphatic rings. The molecule has 5 rings (SSSR count). The lowest BCUT2D eigenvalue weighted by Gasteiger charge is -2.39. The second kappa shape index (κ2) is 9.80. The summed E-state index contributed by atoms with van der Waals surface area (Å²) >= 11 is 0. The standard InChI is InChI=1S/C27H34N6O2/c1-19-15-27(18-33(19)24-8-5-22(16-28)20(2)29-24)11-13-32(14-12-27)25-9-10-26(31-30-25)35-23-6-3-21(17-34)4-7-23/h5,8-10,17,19,21,23H,3-4,6-7,11-15,18H2,1-2H3/t19-,21?,23?/m0/s1. The Balaban J connectivity index is 1.16. The van der Waals surface area contributed by atoms with Crippen LogP contribution in [0.25, 0.3) is 0 Å². The molecule has 1 spiro atoms.